The van der Waals surface area contributed by atoms with Gasteiger partial charge < -0.3 is 25.4 Å². The lowest BCUT2D eigenvalue weighted by molar-refractivity contribution is 0.0529. The number of guanidine groups is 1. The number of nitrogens with one attached hydrogen (secondary N) is 3. The third kappa shape index (κ3) is 13.3. The third-order valence-electron chi connectivity index (χ3n) is 3.56. The number of carbonyl (C=O) groups excluding carboxylic acids is 1. The molecule has 0 saturated carbocycles. The molecule has 0 heterocycles. The largest absolute Gasteiger partial charge is 0.444 e. The molecule has 0 unspecified atom stereocenters. The second-order valence-corrected chi connectivity index (χ2v) is 7.37. The van der Waals surface area contributed by atoms with Crippen LogP contribution >= 0.6 is 24.0 Å². The number of hydrogen-bond donors (Lipinski definition) is 3. The Morgan fingerprint density at radius 1 is 1.03 bits per heavy atom. The van der Waals surface area contributed by atoms with Gasteiger partial charge in [-0.2, -0.15) is 0 Å². The van der Waals surface area contributed by atoms with Crippen LogP contribution in [0.2, 0.25) is 0 Å². The Balaban J connectivity index is 0.00000784. The van der Waals surface area contributed by atoms with E-state index in [2.05, 4.69) is 40.0 Å². The van der Waals surface area contributed by atoms with Crippen molar-refractivity contribution in [1.29, 1.82) is 0 Å². The van der Waals surface area contributed by atoms with Gasteiger partial charge in [0.25, 0.3) is 0 Å². The molecule has 0 aliphatic carbocycles. The number of nitrogens with zero attached hydrogens (tertiary/aromatic N) is 1. The van der Waals surface area contributed by atoms with Gasteiger partial charge in [0.1, 0.15) is 5.60 Å². The quantitative estimate of drug-likeness (QED) is 0.189. The minimum absolute atomic E-state index is 0. The van der Waals surface area contributed by atoms with Crippen molar-refractivity contribution in [3.63, 3.8) is 0 Å². The van der Waals surface area contributed by atoms with Crippen molar-refractivity contribution in [2.75, 3.05) is 26.2 Å². The lowest BCUT2D eigenvalue weighted by Gasteiger charge is -2.20. The fraction of sp³-hybridized carbons (Fsp3) is 0.619. The van der Waals surface area contributed by atoms with E-state index < -0.39 is 11.7 Å². The van der Waals surface area contributed by atoms with Crippen molar-refractivity contribution in [3.8, 4) is 0 Å². The number of rotatable bonds is 10. The molecule has 29 heavy (non-hydrogen) atoms. The fourth-order valence-corrected chi connectivity index (χ4v) is 2.34. The van der Waals surface area contributed by atoms with Crippen LogP contribution in [0.15, 0.2) is 29.3 Å². The lowest BCUT2D eigenvalue weighted by atomic mass is 10.1. The monoisotopic (exact) mass is 520 g/mol. The highest BCUT2D eigenvalue weighted by molar-refractivity contribution is 14.0. The smallest absolute Gasteiger partial charge is 0.407 e. The van der Waals surface area contributed by atoms with Crippen molar-refractivity contribution in [2.45, 2.75) is 59.8 Å². The van der Waals surface area contributed by atoms with Gasteiger partial charge in [-0.25, -0.2) is 9.79 Å². The predicted molar refractivity (Wildman–Crippen MR) is 129 cm³/mol. The highest BCUT2D eigenvalue weighted by Crippen LogP contribution is 2.11. The number of alkyl carbamates (subject to hydrolysis) is 1. The Morgan fingerprint density at radius 2 is 1.69 bits per heavy atom. The Kier molecular flexibility index (Phi) is 14.5. The molecule has 0 fully saturated rings. The molecule has 0 bridgehead atoms. The van der Waals surface area contributed by atoms with Crippen LogP contribution in [0.1, 0.15) is 52.2 Å². The topological polar surface area (TPSA) is 84.0 Å². The van der Waals surface area contributed by atoms with Gasteiger partial charge in [-0.1, -0.05) is 31.2 Å². The predicted octanol–water partition coefficient (Wildman–Crippen LogP) is 3.81. The van der Waals surface area contributed by atoms with E-state index in [0.29, 0.717) is 32.2 Å². The number of carbonyl (C=O) groups is 1. The lowest BCUT2D eigenvalue weighted by Crippen LogP contribution is -2.42. The number of halogens is 1. The maximum absolute atomic E-state index is 11.7. The van der Waals surface area contributed by atoms with Gasteiger partial charge in [0, 0.05) is 26.2 Å². The first-order chi connectivity index (χ1) is 13.4. The van der Waals surface area contributed by atoms with Gasteiger partial charge in [0.05, 0.1) is 13.2 Å². The number of benzene rings is 1. The zero-order valence-corrected chi connectivity index (χ0v) is 20.7. The molecule has 0 aliphatic heterocycles. The molecule has 0 spiro atoms. The molecule has 8 heteroatoms. The normalized spacial score (nSPS) is 11.4. The molecular formula is C21H37IN4O3. The molecule has 0 radical (unpaired) electrons. The summed E-state index contributed by atoms with van der Waals surface area (Å²) in [6.45, 7) is 13.3. The summed E-state index contributed by atoms with van der Waals surface area (Å²) in [6, 6.07) is 8.18. The van der Waals surface area contributed by atoms with E-state index in [-0.39, 0.29) is 24.0 Å². The van der Waals surface area contributed by atoms with E-state index in [4.69, 9.17) is 9.47 Å². The van der Waals surface area contributed by atoms with Crippen LogP contribution in [0.4, 0.5) is 4.79 Å². The molecule has 0 aliphatic rings. The Bertz CT molecular complexity index is 618. The molecule has 0 saturated heterocycles. The number of amides is 1. The molecule has 0 atom stereocenters. The summed E-state index contributed by atoms with van der Waals surface area (Å²) in [7, 11) is 0. The molecule has 1 aromatic carbocycles. The number of ether oxygens (including phenoxy) is 2. The minimum Gasteiger partial charge on any atom is -0.444 e. The maximum atomic E-state index is 11.7. The van der Waals surface area contributed by atoms with E-state index in [9.17, 15) is 4.79 Å². The summed E-state index contributed by atoms with van der Waals surface area (Å²) in [5.41, 5.74) is 1.80. The van der Waals surface area contributed by atoms with Gasteiger partial charge in [0.15, 0.2) is 5.96 Å². The zero-order valence-electron chi connectivity index (χ0n) is 18.3. The van der Waals surface area contributed by atoms with Crippen LogP contribution in [-0.4, -0.2) is 43.9 Å². The first-order valence-corrected chi connectivity index (χ1v) is 9.99. The molecular weight excluding hydrogens is 483 g/mol. The average Bonchev–Trinajstić information content (AvgIpc) is 2.63. The average molecular weight is 520 g/mol. The zero-order chi connectivity index (χ0) is 20.8. The summed E-state index contributed by atoms with van der Waals surface area (Å²) in [5, 5.41) is 9.16. The Labute approximate surface area is 192 Å². The molecule has 1 aromatic rings. The molecule has 1 rings (SSSR count). The van der Waals surface area contributed by atoms with Crippen LogP contribution in [0.25, 0.3) is 0 Å². The molecule has 0 aromatic heterocycles. The van der Waals surface area contributed by atoms with Crippen LogP contribution < -0.4 is 16.0 Å². The fourth-order valence-electron chi connectivity index (χ4n) is 2.34. The van der Waals surface area contributed by atoms with Crippen LogP contribution in [0.3, 0.4) is 0 Å². The summed E-state index contributed by atoms with van der Waals surface area (Å²) in [5.74, 6) is 0.706. The SMILES string of the molecule is CCCOCc1ccccc1CN=C(NCC)NCCNC(=O)OC(C)(C)C.I. The van der Waals surface area contributed by atoms with E-state index in [1.54, 1.807) is 0 Å². The molecule has 166 valence electrons. The van der Waals surface area contributed by atoms with Crippen LogP contribution in [-0.2, 0) is 22.6 Å². The molecule has 3 N–H and O–H groups in total. The third-order valence-corrected chi connectivity index (χ3v) is 3.56. The number of hydrogen-bond acceptors (Lipinski definition) is 4. The molecule has 1 amide bonds. The van der Waals surface area contributed by atoms with Crippen molar-refractivity contribution >= 4 is 36.0 Å². The Morgan fingerprint density at radius 3 is 2.31 bits per heavy atom. The van der Waals surface area contributed by atoms with Gasteiger partial charge in [0.2, 0.25) is 0 Å². The van der Waals surface area contributed by atoms with Crippen molar-refractivity contribution in [2.24, 2.45) is 4.99 Å². The summed E-state index contributed by atoms with van der Waals surface area (Å²) < 4.78 is 10.9. The van der Waals surface area contributed by atoms with E-state index in [1.165, 1.54) is 0 Å². The van der Waals surface area contributed by atoms with Crippen molar-refractivity contribution in [1.82, 2.24) is 16.0 Å². The van der Waals surface area contributed by atoms with Crippen molar-refractivity contribution in [3.05, 3.63) is 35.4 Å². The summed E-state index contributed by atoms with van der Waals surface area (Å²) >= 11 is 0. The van der Waals surface area contributed by atoms with E-state index in [1.807, 2.05) is 39.8 Å². The van der Waals surface area contributed by atoms with E-state index >= 15 is 0 Å². The summed E-state index contributed by atoms with van der Waals surface area (Å²) in [6.07, 6.45) is 0.587. The number of aliphatic imine (C=N–C) groups is 1. The van der Waals surface area contributed by atoms with E-state index in [0.717, 1.165) is 30.7 Å². The summed E-state index contributed by atoms with van der Waals surface area (Å²) in [4.78, 5) is 16.3. The Hall–Kier alpha value is -1.55. The van der Waals surface area contributed by atoms with Gasteiger partial charge >= 0.3 is 6.09 Å². The molecule has 7 nitrogen and oxygen atoms in total. The van der Waals surface area contributed by atoms with Crippen LogP contribution in [0.5, 0.6) is 0 Å². The highest BCUT2D eigenvalue weighted by atomic mass is 127. The van der Waals surface area contributed by atoms with Gasteiger partial charge in [-0.15, -0.1) is 24.0 Å². The van der Waals surface area contributed by atoms with Gasteiger partial charge in [-0.3, -0.25) is 0 Å². The second kappa shape index (κ2) is 15.3. The second-order valence-electron chi connectivity index (χ2n) is 7.37. The standard InChI is InChI=1S/C21H36N4O3.HI/c1-6-14-27-16-18-11-9-8-10-17(18)15-25-19(22-7-2)23-12-13-24-20(26)28-21(3,4)5;/h8-11H,6-7,12-16H2,1-5H3,(H,24,26)(H2,22,23,25);1H. The maximum Gasteiger partial charge on any atom is 0.407 e. The van der Waals surface area contributed by atoms with Crippen LogP contribution in [0, 0.1) is 0 Å². The first kappa shape index (κ1) is 27.5. The first-order valence-electron chi connectivity index (χ1n) is 9.99. The highest BCUT2D eigenvalue weighted by Gasteiger charge is 2.15. The van der Waals surface area contributed by atoms with Gasteiger partial charge in [-0.05, 0) is 45.2 Å². The minimum atomic E-state index is -0.498. The van der Waals surface area contributed by atoms with Crippen molar-refractivity contribution < 1.29 is 14.3 Å².